The Hall–Kier alpha value is -0.610. The first-order valence-electron chi connectivity index (χ1n) is 4.06. The lowest BCUT2D eigenvalue weighted by Crippen LogP contribution is -2.21. The normalized spacial score (nSPS) is 20.7. The zero-order valence-corrected chi connectivity index (χ0v) is 8.47. The predicted molar refractivity (Wildman–Crippen MR) is 51.1 cm³/mol. The van der Waals surface area contributed by atoms with E-state index in [0.717, 1.165) is 12.0 Å². The molecule has 1 heterocycles. The minimum absolute atomic E-state index is 0.0567. The largest absolute Gasteiger partial charge is 0.493 e. The van der Waals surface area contributed by atoms with Crippen LogP contribution in [0.5, 0.6) is 5.75 Å². The van der Waals surface area contributed by atoms with Crippen molar-refractivity contribution in [3.05, 3.63) is 28.0 Å². The second-order valence-electron chi connectivity index (χ2n) is 3.04. The van der Waals surface area contributed by atoms with Gasteiger partial charge in [-0.25, -0.2) is 4.39 Å². The van der Waals surface area contributed by atoms with Crippen molar-refractivity contribution in [3.8, 4) is 5.75 Å². The average Bonchev–Trinajstić information content (AvgIpc) is 2.02. The van der Waals surface area contributed by atoms with Gasteiger partial charge in [-0.15, -0.1) is 0 Å². The van der Waals surface area contributed by atoms with E-state index in [-0.39, 0.29) is 11.9 Å². The highest BCUT2D eigenvalue weighted by Gasteiger charge is 2.21. The van der Waals surface area contributed by atoms with Gasteiger partial charge in [-0.05, 0) is 6.07 Å². The molecule has 1 aliphatic rings. The summed E-state index contributed by atoms with van der Waals surface area (Å²) in [7, 11) is 0. The molecule has 0 saturated carbocycles. The summed E-state index contributed by atoms with van der Waals surface area (Å²) in [6.07, 6.45) is 0.775. The summed E-state index contributed by atoms with van der Waals surface area (Å²) in [6, 6.07) is 2.73. The Bertz CT molecular complexity index is 343. The number of benzene rings is 1. The molecular formula is C9H9BrFNO. The Morgan fingerprint density at radius 2 is 2.31 bits per heavy atom. The maximum Gasteiger partial charge on any atom is 0.128 e. The van der Waals surface area contributed by atoms with E-state index in [9.17, 15) is 4.39 Å². The molecule has 0 bridgehead atoms. The Labute approximate surface area is 84.0 Å². The number of ether oxygens (including phenoxy) is 1. The van der Waals surface area contributed by atoms with E-state index in [1.165, 1.54) is 12.1 Å². The van der Waals surface area contributed by atoms with Gasteiger partial charge in [0.15, 0.2) is 0 Å². The molecule has 1 aromatic carbocycles. The van der Waals surface area contributed by atoms with Crippen molar-refractivity contribution in [1.29, 1.82) is 0 Å². The fourth-order valence-electron chi connectivity index (χ4n) is 1.48. The highest BCUT2D eigenvalue weighted by Crippen LogP contribution is 2.36. The van der Waals surface area contributed by atoms with Gasteiger partial charge in [-0.1, -0.05) is 15.9 Å². The molecule has 2 nitrogen and oxygen atoms in total. The number of halogens is 2. The van der Waals surface area contributed by atoms with Crippen LogP contribution in [0.25, 0.3) is 0 Å². The maximum atomic E-state index is 12.9. The third-order valence-electron chi connectivity index (χ3n) is 2.11. The SMILES string of the molecule is N[C@H]1CCOc2cc(F)cc(Br)c21. The molecule has 2 rings (SSSR count). The van der Waals surface area contributed by atoms with E-state index < -0.39 is 0 Å². The molecule has 1 aromatic rings. The van der Waals surface area contributed by atoms with Gasteiger partial charge in [0.25, 0.3) is 0 Å². The van der Waals surface area contributed by atoms with Crippen LogP contribution in [0, 0.1) is 5.82 Å². The topological polar surface area (TPSA) is 35.2 Å². The molecule has 1 atom stereocenters. The van der Waals surface area contributed by atoms with E-state index in [0.29, 0.717) is 16.8 Å². The molecule has 0 radical (unpaired) electrons. The first-order chi connectivity index (χ1) is 6.18. The summed E-state index contributed by atoms with van der Waals surface area (Å²) in [4.78, 5) is 0. The Morgan fingerprint density at radius 3 is 3.08 bits per heavy atom. The molecule has 0 spiro atoms. The lowest BCUT2D eigenvalue weighted by atomic mass is 10.0. The lowest BCUT2D eigenvalue weighted by molar-refractivity contribution is 0.267. The predicted octanol–water partition coefficient (Wildman–Crippen LogP) is 2.37. The van der Waals surface area contributed by atoms with Crippen molar-refractivity contribution in [2.75, 3.05) is 6.61 Å². The van der Waals surface area contributed by atoms with Crippen LogP contribution in [0.3, 0.4) is 0 Å². The van der Waals surface area contributed by atoms with Gasteiger partial charge in [-0.3, -0.25) is 0 Å². The monoisotopic (exact) mass is 245 g/mol. The zero-order chi connectivity index (χ0) is 9.42. The number of rotatable bonds is 0. The van der Waals surface area contributed by atoms with Crippen molar-refractivity contribution in [3.63, 3.8) is 0 Å². The van der Waals surface area contributed by atoms with Gasteiger partial charge in [-0.2, -0.15) is 0 Å². The van der Waals surface area contributed by atoms with Crippen molar-refractivity contribution >= 4 is 15.9 Å². The number of hydrogen-bond acceptors (Lipinski definition) is 2. The van der Waals surface area contributed by atoms with Crippen LogP contribution in [0.4, 0.5) is 4.39 Å². The Morgan fingerprint density at radius 1 is 1.54 bits per heavy atom. The van der Waals surface area contributed by atoms with Crippen molar-refractivity contribution < 1.29 is 9.13 Å². The van der Waals surface area contributed by atoms with E-state index in [2.05, 4.69) is 15.9 Å². The van der Waals surface area contributed by atoms with Gasteiger partial charge in [0, 0.05) is 28.6 Å². The molecule has 0 fully saturated rings. The fraction of sp³-hybridized carbons (Fsp3) is 0.333. The Kier molecular flexibility index (Phi) is 2.26. The van der Waals surface area contributed by atoms with E-state index in [1.807, 2.05) is 0 Å². The average molecular weight is 246 g/mol. The van der Waals surface area contributed by atoms with Crippen molar-refractivity contribution in [1.82, 2.24) is 0 Å². The van der Waals surface area contributed by atoms with Crippen molar-refractivity contribution in [2.45, 2.75) is 12.5 Å². The summed E-state index contributed by atoms with van der Waals surface area (Å²) in [6.45, 7) is 0.560. The van der Waals surface area contributed by atoms with Crippen LogP contribution in [0.1, 0.15) is 18.0 Å². The van der Waals surface area contributed by atoms with Gasteiger partial charge in [0.2, 0.25) is 0 Å². The molecule has 0 aromatic heterocycles. The van der Waals surface area contributed by atoms with E-state index in [4.69, 9.17) is 10.5 Å². The second-order valence-corrected chi connectivity index (χ2v) is 3.90. The summed E-state index contributed by atoms with van der Waals surface area (Å²) in [5.41, 5.74) is 6.73. The van der Waals surface area contributed by atoms with Crippen LogP contribution >= 0.6 is 15.9 Å². The summed E-state index contributed by atoms with van der Waals surface area (Å²) in [5.74, 6) is 0.255. The highest BCUT2D eigenvalue weighted by atomic mass is 79.9. The van der Waals surface area contributed by atoms with Gasteiger partial charge >= 0.3 is 0 Å². The lowest BCUT2D eigenvalue weighted by Gasteiger charge is -2.23. The van der Waals surface area contributed by atoms with Crippen LogP contribution in [0.15, 0.2) is 16.6 Å². The molecule has 13 heavy (non-hydrogen) atoms. The highest BCUT2D eigenvalue weighted by molar-refractivity contribution is 9.10. The van der Waals surface area contributed by atoms with Gasteiger partial charge < -0.3 is 10.5 Å². The molecule has 4 heteroatoms. The van der Waals surface area contributed by atoms with E-state index in [1.54, 1.807) is 0 Å². The van der Waals surface area contributed by atoms with Crippen LogP contribution in [-0.4, -0.2) is 6.61 Å². The quantitative estimate of drug-likeness (QED) is 0.762. The molecule has 1 aliphatic heterocycles. The third kappa shape index (κ3) is 1.56. The van der Waals surface area contributed by atoms with Gasteiger partial charge in [0.05, 0.1) is 6.61 Å². The molecule has 70 valence electrons. The van der Waals surface area contributed by atoms with Crippen LogP contribution < -0.4 is 10.5 Å². The van der Waals surface area contributed by atoms with Gasteiger partial charge in [0.1, 0.15) is 11.6 Å². The molecular weight excluding hydrogens is 237 g/mol. The standard InChI is InChI=1S/C9H9BrFNO/c10-6-3-5(11)4-8-9(6)7(12)1-2-13-8/h3-4,7H,1-2,12H2/t7-/m0/s1. The molecule has 0 aliphatic carbocycles. The Balaban J connectivity index is 2.56. The fourth-order valence-corrected chi connectivity index (χ4v) is 2.19. The minimum atomic E-state index is -0.306. The minimum Gasteiger partial charge on any atom is -0.493 e. The number of nitrogens with two attached hydrogens (primary N) is 1. The molecule has 0 amide bonds. The number of hydrogen-bond donors (Lipinski definition) is 1. The molecule has 0 unspecified atom stereocenters. The second kappa shape index (κ2) is 3.27. The summed E-state index contributed by atoms with van der Waals surface area (Å²) < 4.78 is 18.9. The molecule has 2 N–H and O–H groups in total. The summed E-state index contributed by atoms with van der Waals surface area (Å²) in [5, 5.41) is 0. The van der Waals surface area contributed by atoms with E-state index >= 15 is 0 Å². The maximum absolute atomic E-state index is 12.9. The smallest absolute Gasteiger partial charge is 0.128 e. The zero-order valence-electron chi connectivity index (χ0n) is 6.89. The van der Waals surface area contributed by atoms with Crippen LogP contribution in [-0.2, 0) is 0 Å². The third-order valence-corrected chi connectivity index (χ3v) is 2.77. The first-order valence-corrected chi connectivity index (χ1v) is 4.85. The number of fused-ring (bicyclic) bond motifs is 1. The molecule has 0 saturated heterocycles. The van der Waals surface area contributed by atoms with Crippen molar-refractivity contribution in [2.24, 2.45) is 5.73 Å². The summed E-state index contributed by atoms with van der Waals surface area (Å²) >= 11 is 3.27. The first kappa shape index (κ1) is 8.97. The van der Waals surface area contributed by atoms with Crippen LogP contribution in [0.2, 0.25) is 0 Å².